The molecule has 1 aliphatic carbocycles. The summed E-state index contributed by atoms with van der Waals surface area (Å²) in [7, 11) is 0. The molecule has 0 bridgehead atoms. The molecule has 1 heterocycles. The van der Waals surface area contributed by atoms with E-state index in [0.717, 1.165) is 32.1 Å². The van der Waals surface area contributed by atoms with Gasteiger partial charge in [-0.15, -0.1) is 0 Å². The molecule has 0 radical (unpaired) electrons. The van der Waals surface area contributed by atoms with Crippen molar-refractivity contribution in [3.05, 3.63) is 27.8 Å². The summed E-state index contributed by atoms with van der Waals surface area (Å²) in [5.74, 6) is -0.0468. The highest BCUT2D eigenvalue weighted by molar-refractivity contribution is 5.92. The number of nitro groups is 1. The Balaban J connectivity index is 2.05. The Bertz CT molecular complexity index is 652. The van der Waals surface area contributed by atoms with E-state index in [0.29, 0.717) is 12.2 Å². The second-order valence-electron chi connectivity index (χ2n) is 6.38. The third kappa shape index (κ3) is 2.88. The van der Waals surface area contributed by atoms with Gasteiger partial charge in [0.1, 0.15) is 22.6 Å². The van der Waals surface area contributed by atoms with Crippen LogP contribution in [0.25, 0.3) is 0 Å². The third-order valence-electron chi connectivity index (χ3n) is 4.66. The van der Waals surface area contributed by atoms with Crippen LogP contribution in [0.1, 0.15) is 57.1 Å². The summed E-state index contributed by atoms with van der Waals surface area (Å²) in [6, 6.07) is 3.07. The number of ether oxygens (including phenoxy) is 1. The van der Waals surface area contributed by atoms with Crippen molar-refractivity contribution in [1.29, 1.82) is 0 Å². The van der Waals surface area contributed by atoms with Crippen molar-refractivity contribution in [2.24, 2.45) is 0 Å². The van der Waals surface area contributed by atoms with E-state index in [-0.39, 0.29) is 16.9 Å². The fourth-order valence-corrected chi connectivity index (χ4v) is 3.72. The summed E-state index contributed by atoms with van der Waals surface area (Å²) in [5.41, 5.74) is -0.453. The van der Waals surface area contributed by atoms with Gasteiger partial charge in [-0.1, -0.05) is 6.42 Å². The number of aliphatic hydroxyl groups excluding tert-OH is 1. The molecule has 0 saturated heterocycles. The monoisotopic (exact) mass is 320 g/mol. The van der Waals surface area contributed by atoms with Gasteiger partial charge >= 0.3 is 5.69 Å². The zero-order chi connectivity index (χ0) is 16.6. The van der Waals surface area contributed by atoms with E-state index in [1.165, 1.54) is 13.0 Å². The second-order valence-corrected chi connectivity index (χ2v) is 6.38. The van der Waals surface area contributed by atoms with Crippen LogP contribution in [0.4, 0.5) is 11.4 Å². The van der Waals surface area contributed by atoms with Crippen LogP contribution in [0.15, 0.2) is 12.1 Å². The first-order valence-corrected chi connectivity index (χ1v) is 7.88. The lowest BCUT2D eigenvalue weighted by Gasteiger charge is -2.43. The average molecular weight is 320 g/mol. The van der Waals surface area contributed by atoms with Crippen molar-refractivity contribution >= 4 is 17.3 Å². The van der Waals surface area contributed by atoms with Crippen LogP contribution in [0.2, 0.25) is 0 Å². The lowest BCUT2D eigenvalue weighted by Crippen LogP contribution is -2.43. The van der Waals surface area contributed by atoms with E-state index in [1.807, 2.05) is 0 Å². The maximum atomic E-state index is 11.5. The highest BCUT2D eigenvalue weighted by Gasteiger charge is 2.44. The molecule has 2 aliphatic rings. The minimum absolute atomic E-state index is 0.0866. The van der Waals surface area contributed by atoms with Crippen LogP contribution in [-0.4, -0.2) is 21.5 Å². The Morgan fingerprint density at radius 1 is 1.39 bits per heavy atom. The molecule has 7 heteroatoms. The minimum atomic E-state index is -0.967. The Kier molecular flexibility index (Phi) is 3.97. The number of nitrogens with zero attached hydrogens (tertiary/aromatic N) is 1. The molecule has 0 aromatic heterocycles. The molecular weight excluding hydrogens is 300 g/mol. The molecule has 1 aromatic carbocycles. The van der Waals surface area contributed by atoms with Crippen molar-refractivity contribution < 1.29 is 19.6 Å². The summed E-state index contributed by atoms with van der Waals surface area (Å²) < 4.78 is 6.10. The van der Waals surface area contributed by atoms with Crippen LogP contribution in [-0.2, 0) is 4.79 Å². The number of nitrogens with one attached hydrogen (secondary N) is 1. The summed E-state index contributed by atoms with van der Waals surface area (Å²) in [5, 5.41) is 24.5. The number of hydrogen-bond donors (Lipinski definition) is 2. The fraction of sp³-hybridized carbons (Fsp3) is 0.562. The molecule has 124 valence electrons. The number of amides is 1. The zero-order valence-corrected chi connectivity index (χ0v) is 13.0. The van der Waals surface area contributed by atoms with Gasteiger partial charge in [0, 0.05) is 13.3 Å². The molecule has 3 rings (SSSR count). The number of benzene rings is 1. The lowest BCUT2D eigenvalue weighted by atomic mass is 9.77. The summed E-state index contributed by atoms with van der Waals surface area (Å²) in [4.78, 5) is 22.2. The third-order valence-corrected chi connectivity index (χ3v) is 4.66. The van der Waals surface area contributed by atoms with Crippen LogP contribution in [0.3, 0.4) is 0 Å². The standard InChI is InChI=1S/C16H20N2O5/c1-10(19)17-11-5-6-13-14(15(11)18(21)22)12(20)9-16(23-13)7-3-2-4-8-16/h5-6,12,20H,2-4,7-9H2,1H3,(H,17,19). The van der Waals surface area contributed by atoms with E-state index in [4.69, 9.17) is 4.74 Å². The van der Waals surface area contributed by atoms with Gasteiger partial charge in [0.05, 0.1) is 11.0 Å². The van der Waals surface area contributed by atoms with E-state index in [2.05, 4.69) is 5.32 Å². The van der Waals surface area contributed by atoms with E-state index in [1.54, 1.807) is 6.07 Å². The number of aliphatic hydroxyl groups is 1. The highest BCUT2D eigenvalue weighted by Crippen LogP contribution is 2.50. The van der Waals surface area contributed by atoms with Crippen molar-refractivity contribution in [3.63, 3.8) is 0 Å². The number of fused-ring (bicyclic) bond motifs is 1. The first-order chi connectivity index (χ1) is 10.9. The predicted octanol–water partition coefficient (Wildman–Crippen LogP) is 3.07. The van der Waals surface area contributed by atoms with Gasteiger partial charge in [0.2, 0.25) is 5.91 Å². The predicted molar refractivity (Wildman–Crippen MR) is 83.4 cm³/mol. The summed E-state index contributed by atoms with van der Waals surface area (Å²) in [6.45, 7) is 1.28. The number of nitro benzene ring substituents is 1. The molecule has 1 amide bonds. The fourth-order valence-electron chi connectivity index (χ4n) is 3.72. The summed E-state index contributed by atoms with van der Waals surface area (Å²) in [6.07, 6.45) is 4.31. The van der Waals surface area contributed by atoms with Gasteiger partial charge in [-0.25, -0.2) is 0 Å². The van der Waals surface area contributed by atoms with E-state index < -0.39 is 22.5 Å². The lowest BCUT2D eigenvalue weighted by molar-refractivity contribution is -0.385. The summed E-state index contributed by atoms with van der Waals surface area (Å²) >= 11 is 0. The molecule has 1 aliphatic heterocycles. The smallest absolute Gasteiger partial charge is 0.302 e. The highest BCUT2D eigenvalue weighted by atomic mass is 16.6. The average Bonchev–Trinajstić information content (AvgIpc) is 2.47. The Labute approximate surface area is 133 Å². The maximum absolute atomic E-state index is 11.5. The number of hydrogen-bond acceptors (Lipinski definition) is 5. The Hall–Kier alpha value is -2.15. The van der Waals surface area contributed by atoms with E-state index in [9.17, 15) is 20.0 Å². The number of carbonyl (C=O) groups is 1. The van der Waals surface area contributed by atoms with Crippen molar-refractivity contribution in [2.75, 3.05) is 5.32 Å². The Morgan fingerprint density at radius 2 is 2.09 bits per heavy atom. The molecule has 2 N–H and O–H groups in total. The number of anilines is 1. The minimum Gasteiger partial charge on any atom is -0.487 e. The van der Waals surface area contributed by atoms with Crippen LogP contribution < -0.4 is 10.1 Å². The maximum Gasteiger partial charge on any atom is 0.302 e. The molecule has 1 spiro atoms. The second kappa shape index (κ2) is 5.81. The molecule has 7 nitrogen and oxygen atoms in total. The van der Waals surface area contributed by atoms with Gasteiger partial charge in [-0.2, -0.15) is 0 Å². The first kappa shape index (κ1) is 15.7. The van der Waals surface area contributed by atoms with Crippen molar-refractivity contribution in [2.45, 2.75) is 57.2 Å². The van der Waals surface area contributed by atoms with Gasteiger partial charge in [0.25, 0.3) is 0 Å². The van der Waals surface area contributed by atoms with Crippen LogP contribution in [0.5, 0.6) is 5.75 Å². The van der Waals surface area contributed by atoms with Gasteiger partial charge in [0.15, 0.2) is 0 Å². The van der Waals surface area contributed by atoms with Crippen LogP contribution >= 0.6 is 0 Å². The first-order valence-electron chi connectivity index (χ1n) is 7.88. The van der Waals surface area contributed by atoms with Gasteiger partial charge in [-0.05, 0) is 37.8 Å². The molecule has 1 unspecified atom stereocenters. The normalized spacial score (nSPS) is 22.1. The van der Waals surface area contributed by atoms with Crippen molar-refractivity contribution in [1.82, 2.24) is 0 Å². The quantitative estimate of drug-likeness (QED) is 0.644. The zero-order valence-electron chi connectivity index (χ0n) is 13.0. The molecule has 1 atom stereocenters. The van der Waals surface area contributed by atoms with Gasteiger partial charge in [-0.3, -0.25) is 14.9 Å². The van der Waals surface area contributed by atoms with Gasteiger partial charge < -0.3 is 15.2 Å². The molecule has 1 saturated carbocycles. The molecule has 1 aromatic rings. The Morgan fingerprint density at radius 3 is 2.70 bits per heavy atom. The number of rotatable bonds is 2. The van der Waals surface area contributed by atoms with E-state index >= 15 is 0 Å². The topological polar surface area (TPSA) is 102 Å². The molecular formula is C16H20N2O5. The van der Waals surface area contributed by atoms with Crippen molar-refractivity contribution in [3.8, 4) is 5.75 Å². The molecule has 23 heavy (non-hydrogen) atoms. The largest absolute Gasteiger partial charge is 0.487 e. The molecule has 1 fully saturated rings. The SMILES string of the molecule is CC(=O)Nc1ccc2c(c1[N+](=O)[O-])C(O)CC1(CCCCC1)O2. The van der Waals surface area contributed by atoms with Crippen LogP contribution in [0, 0.1) is 10.1 Å². The number of carbonyl (C=O) groups excluding carboxylic acids is 1.